The second kappa shape index (κ2) is 5.88. The van der Waals surface area contributed by atoms with E-state index in [0.29, 0.717) is 5.75 Å². The molecule has 0 spiro atoms. The Labute approximate surface area is 97.3 Å². The van der Waals surface area contributed by atoms with Gasteiger partial charge in [0, 0.05) is 6.04 Å². The Morgan fingerprint density at radius 1 is 1.35 bits per heavy atom. The van der Waals surface area contributed by atoms with Crippen LogP contribution in [0, 0.1) is 0 Å². The van der Waals surface area contributed by atoms with Gasteiger partial charge in [0.25, 0.3) is 0 Å². The lowest BCUT2D eigenvalue weighted by Crippen LogP contribution is -2.19. The van der Waals surface area contributed by atoms with Gasteiger partial charge in [0.15, 0.2) is 6.79 Å². The molecule has 0 amide bonds. The molecule has 96 valence electrons. The molecule has 1 rings (SSSR count). The molecule has 1 atom stereocenters. The quantitative estimate of drug-likeness (QED) is 0.644. The van der Waals surface area contributed by atoms with Crippen LogP contribution in [0.2, 0.25) is 0 Å². The predicted octanol–water partition coefficient (Wildman–Crippen LogP) is 2.62. The summed E-state index contributed by atoms with van der Waals surface area (Å²) in [6, 6.07) is 6.67. The van der Waals surface area contributed by atoms with Crippen LogP contribution in [-0.4, -0.2) is 19.6 Å². The largest absolute Gasteiger partial charge is 0.468 e. The van der Waals surface area contributed by atoms with Crippen LogP contribution in [0.3, 0.4) is 0 Å². The molecule has 17 heavy (non-hydrogen) atoms. The molecular weight excluding hydrogens is 235 g/mol. The van der Waals surface area contributed by atoms with Crippen molar-refractivity contribution in [2.24, 2.45) is 5.73 Å². The van der Waals surface area contributed by atoms with Crippen molar-refractivity contribution in [2.45, 2.75) is 19.1 Å². The Balaban J connectivity index is 2.39. The van der Waals surface area contributed by atoms with Crippen LogP contribution in [0.5, 0.6) is 5.75 Å². The first-order valence-electron chi connectivity index (χ1n) is 5.01. The van der Waals surface area contributed by atoms with Gasteiger partial charge in [-0.1, -0.05) is 12.1 Å². The molecule has 1 aromatic rings. The third-order valence-corrected chi connectivity index (χ3v) is 1.96. The summed E-state index contributed by atoms with van der Waals surface area (Å²) >= 11 is 0. The molecule has 6 heteroatoms. The van der Waals surface area contributed by atoms with Gasteiger partial charge in [-0.25, -0.2) is 0 Å². The highest BCUT2D eigenvalue weighted by Gasteiger charge is 2.27. The molecule has 0 fully saturated rings. The summed E-state index contributed by atoms with van der Waals surface area (Å²) in [4.78, 5) is 0. The Morgan fingerprint density at radius 2 is 2.06 bits per heavy atom. The zero-order valence-corrected chi connectivity index (χ0v) is 9.33. The van der Waals surface area contributed by atoms with Gasteiger partial charge in [0.05, 0.1) is 0 Å². The predicted molar refractivity (Wildman–Crippen MR) is 56.5 cm³/mol. The number of hydrogen-bond acceptors (Lipinski definition) is 3. The van der Waals surface area contributed by atoms with Gasteiger partial charge < -0.3 is 15.2 Å². The van der Waals surface area contributed by atoms with Crippen LogP contribution in [-0.2, 0) is 4.74 Å². The van der Waals surface area contributed by atoms with Crippen LogP contribution in [0.4, 0.5) is 13.2 Å². The molecule has 2 N–H and O–H groups in total. The van der Waals surface area contributed by atoms with E-state index in [1.807, 2.05) is 6.07 Å². The van der Waals surface area contributed by atoms with E-state index in [9.17, 15) is 13.2 Å². The fraction of sp³-hybridized carbons (Fsp3) is 0.455. The summed E-state index contributed by atoms with van der Waals surface area (Å²) in [5.41, 5.74) is 6.50. The monoisotopic (exact) mass is 249 g/mol. The molecule has 1 aromatic carbocycles. The first-order chi connectivity index (χ1) is 7.88. The fourth-order valence-corrected chi connectivity index (χ4v) is 1.15. The lowest BCUT2D eigenvalue weighted by atomic mass is 10.1. The van der Waals surface area contributed by atoms with Crippen molar-refractivity contribution in [1.29, 1.82) is 0 Å². The Kier molecular flexibility index (Phi) is 4.77. The van der Waals surface area contributed by atoms with E-state index in [1.165, 1.54) is 0 Å². The Morgan fingerprint density at radius 3 is 2.65 bits per heavy atom. The van der Waals surface area contributed by atoms with Crippen LogP contribution < -0.4 is 10.5 Å². The van der Waals surface area contributed by atoms with E-state index >= 15 is 0 Å². The van der Waals surface area contributed by atoms with E-state index in [-0.39, 0.29) is 6.04 Å². The highest BCUT2D eigenvalue weighted by molar-refractivity contribution is 5.29. The first-order valence-corrected chi connectivity index (χ1v) is 5.01. The molecule has 3 nitrogen and oxygen atoms in total. The van der Waals surface area contributed by atoms with E-state index in [4.69, 9.17) is 10.5 Å². The molecule has 0 bridgehead atoms. The summed E-state index contributed by atoms with van der Waals surface area (Å²) < 4.78 is 44.6. The lowest BCUT2D eigenvalue weighted by molar-refractivity contribution is -0.186. The highest BCUT2D eigenvalue weighted by atomic mass is 19.4. The van der Waals surface area contributed by atoms with Crippen LogP contribution >= 0.6 is 0 Å². The number of nitrogens with two attached hydrogens (primary N) is 1. The molecule has 0 aliphatic carbocycles. The zero-order chi connectivity index (χ0) is 12.9. The van der Waals surface area contributed by atoms with Crippen molar-refractivity contribution in [3.05, 3.63) is 29.8 Å². The smallest absolute Gasteiger partial charge is 0.411 e. The number of ether oxygens (including phenoxy) is 2. The summed E-state index contributed by atoms with van der Waals surface area (Å²) in [5.74, 6) is 0.432. The van der Waals surface area contributed by atoms with Gasteiger partial charge in [-0.15, -0.1) is 0 Å². The average Bonchev–Trinajstić information content (AvgIpc) is 2.23. The number of rotatable bonds is 5. The molecular formula is C11H14F3NO2. The maximum Gasteiger partial charge on any atom is 0.411 e. The lowest BCUT2D eigenvalue weighted by Gasteiger charge is -2.11. The van der Waals surface area contributed by atoms with E-state index in [0.717, 1.165) is 5.56 Å². The molecule has 0 saturated heterocycles. The maximum absolute atomic E-state index is 11.8. The van der Waals surface area contributed by atoms with Gasteiger partial charge in [0.2, 0.25) is 0 Å². The molecule has 0 aliphatic heterocycles. The SMILES string of the molecule is C[C@@H](N)c1cccc(OCOCC(F)(F)F)c1. The summed E-state index contributed by atoms with van der Waals surface area (Å²) in [6.45, 7) is 0.0428. The van der Waals surface area contributed by atoms with Gasteiger partial charge in [0.1, 0.15) is 12.4 Å². The van der Waals surface area contributed by atoms with Crippen LogP contribution in [0.25, 0.3) is 0 Å². The Bertz CT molecular complexity index is 353. The van der Waals surface area contributed by atoms with Gasteiger partial charge in [-0.3, -0.25) is 0 Å². The second-order valence-electron chi connectivity index (χ2n) is 3.59. The molecule has 0 aliphatic rings. The number of benzene rings is 1. The number of halogens is 3. The second-order valence-corrected chi connectivity index (χ2v) is 3.59. The van der Waals surface area contributed by atoms with Gasteiger partial charge in [-0.05, 0) is 24.6 Å². The topological polar surface area (TPSA) is 44.5 Å². The summed E-state index contributed by atoms with van der Waals surface area (Å²) in [6.07, 6.45) is -4.34. The standard InChI is InChI=1S/C11H14F3NO2/c1-8(15)9-3-2-4-10(5-9)17-7-16-6-11(12,13)14/h2-5,8H,6-7,15H2,1H3/t8-/m1/s1. The Hall–Kier alpha value is -1.27. The van der Waals surface area contributed by atoms with E-state index in [2.05, 4.69) is 4.74 Å². The van der Waals surface area contributed by atoms with Crippen molar-refractivity contribution in [3.8, 4) is 5.75 Å². The molecule has 0 radical (unpaired) electrons. The first kappa shape index (κ1) is 13.8. The van der Waals surface area contributed by atoms with Gasteiger partial charge >= 0.3 is 6.18 Å². The average molecular weight is 249 g/mol. The normalized spacial score (nSPS) is 13.5. The van der Waals surface area contributed by atoms with Crippen molar-refractivity contribution < 1.29 is 22.6 Å². The van der Waals surface area contributed by atoms with Crippen LogP contribution in [0.1, 0.15) is 18.5 Å². The number of alkyl halides is 3. The summed E-state index contributed by atoms with van der Waals surface area (Å²) in [5, 5.41) is 0. The fourth-order valence-electron chi connectivity index (χ4n) is 1.15. The minimum absolute atomic E-state index is 0.158. The molecule has 0 aromatic heterocycles. The molecule has 0 unspecified atom stereocenters. The number of hydrogen-bond donors (Lipinski definition) is 1. The van der Waals surface area contributed by atoms with E-state index < -0.39 is 19.6 Å². The minimum atomic E-state index is -4.34. The van der Waals surface area contributed by atoms with Crippen molar-refractivity contribution in [2.75, 3.05) is 13.4 Å². The zero-order valence-electron chi connectivity index (χ0n) is 9.33. The van der Waals surface area contributed by atoms with Crippen molar-refractivity contribution >= 4 is 0 Å². The highest BCUT2D eigenvalue weighted by Crippen LogP contribution is 2.18. The minimum Gasteiger partial charge on any atom is -0.468 e. The van der Waals surface area contributed by atoms with Crippen molar-refractivity contribution in [1.82, 2.24) is 0 Å². The third-order valence-electron chi connectivity index (χ3n) is 1.96. The van der Waals surface area contributed by atoms with Crippen molar-refractivity contribution in [3.63, 3.8) is 0 Å². The maximum atomic E-state index is 11.8. The van der Waals surface area contributed by atoms with E-state index in [1.54, 1.807) is 25.1 Å². The molecule has 0 heterocycles. The summed E-state index contributed by atoms with van der Waals surface area (Å²) in [7, 11) is 0. The third kappa shape index (κ3) is 5.55. The van der Waals surface area contributed by atoms with Crippen LogP contribution in [0.15, 0.2) is 24.3 Å². The van der Waals surface area contributed by atoms with Gasteiger partial charge in [-0.2, -0.15) is 13.2 Å². The molecule has 0 saturated carbocycles.